The highest BCUT2D eigenvalue weighted by atomic mass is 16.5. The first-order valence-corrected chi connectivity index (χ1v) is 10.5. The predicted molar refractivity (Wildman–Crippen MR) is 107 cm³/mol. The van der Waals surface area contributed by atoms with E-state index in [-0.39, 0.29) is 12.0 Å². The van der Waals surface area contributed by atoms with Gasteiger partial charge >= 0.3 is 0 Å². The lowest BCUT2D eigenvalue weighted by Crippen LogP contribution is -2.35. The first-order chi connectivity index (χ1) is 12.9. The second-order valence-corrected chi connectivity index (χ2v) is 8.75. The molecule has 27 heavy (non-hydrogen) atoms. The van der Waals surface area contributed by atoms with E-state index in [2.05, 4.69) is 25.1 Å². The zero-order valence-corrected chi connectivity index (χ0v) is 17.5. The van der Waals surface area contributed by atoms with Crippen molar-refractivity contribution >= 4 is 5.91 Å². The molecule has 1 amide bonds. The van der Waals surface area contributed by atoms with Gasteiger partial charge in [-0.1, -0.05) is 0 Å². The molecule has 152 valence electrons. The number of hydrogen-bond donors (Lipinski definition) is 0. The van der Waals surface area contributed by atoms with Crippen molar-refractivity contribution in [1.82, 2.24) is 19.6 Å². The average molecular weight is 377 g/mol. The third-order valence-corrected chi connectivity index (χ3v) is 6.12. The van der Waals surface area contributed by atoms with Crippen LogP contribution in [0.15, 0.2) is 6.07 Å². The van der Waals surface area contributed by atoms with Crippen molar-refractivity contribution in [3.63, 3.8) is 0 Å². The average Bonchev–Trinajstić information content (AvgIpc) is 3.25. The Kier molecular flexibility index (Phi) is 6.93. The zero-order chi connectivity index (χ0) is 19.4. The lowest BCUT2D eigenvalue weighted by Gasteiger charge is -2.31. The van der Waals surface area contributed by atoms with Crippen molar-refractivity contribution in [2.24, 2.45) is 13.0 Å². The number of ether oxygens (including phenoxy) is 1. The first kappa shape index (κ1) is 20.3. The Morgan fingerprint density at radius 2 is 1.96 bits per heavy atom. The van der Waals surface area contributed by atoms with Gasteiger partial charge in [0.25, 0.3) is 0 Å². The molecule has 6 nitrogen and oxygen atoms in total. The lowest BCUT2D eigenvalue weighted by molar-refractivity contribution is -0.132. The van der Waals surface area contributed by atoms with Crippen LogP contribution in [0.1, 0.15) is 62.3 Å². The van der Waals surface area contributed by atoms with Crippen LogP contribution >= 0.6 is 0 Å². The molecule has 1 aliphatic heterocycles. The highest BCUT2D eigenvalue weighted by Gasteiger charge is 2.27. The van der Waals surface area contributed by atoms with Gasteiger partial charge in [0.05, 0.1) is 23.9 Å². The molecule has 1 saturated carbocycles. The van der Waals surface area contributed by atoms with Crippen molar-refractivity contribution < 1.29 is 9.53 Å². The van der Waals surface area contributed by atoms with Crippen LogP contribution in [0.2, 0.25) is 0 Å². The minimum Gasteiger partial charge on any atom is -0.378 e. The lowest BCUT2D eigenvalue weighted by atomic mass is 9.80. The number of rotatable bonds is 7. The largest absolute Gasteiger partial charge is 0.378 e. The van der Waals surface area contributed by atoms with Gasteiger partial charge in [0.2, 0.25) is 5.91 Å². The van der Waals surface area contributed by atoms with Crippen LogP contribution in [0.5, 0.6) is 0 Å². The summed E-state index contributed by atoms with van der Waals surface area (Å²) in [5.41, 5.74) is 2.52. The molecule has 2 fully saturated rings. The summed E-state index contributed by atoms with van der Waals surface area (Å²) in [4.78, 5) is 16.5. The van der Waals surface area contributed by atoms with Gasteiger partial charge in [-0.05, 0) is 64.6 Å². The van der Waals surface area contributed by atoms with E-state index in [0.29, 0.717) is 18.3 Å². The number of nitrogens with zero attached hydrogens (tertiary/aromatic N) is 4. The number of carbonyl (C=O) groups is 1. The fourth-order valence-corrected chi connectivity index (χ4v) is 4.49. The maximum atomic E-state index is 12.4. The molecule has 2 heterocycles. The van der Waals surface area contributed by atoms with Crippen LogP contribution in [-0.2, 0) is 23.1 Å². The summed E-state index contributed by atoms with van der Waals surface area (Å²) in [5.74, 6) is 1.42. The normalized spacial score (nSPS) is 25.9. The zero-order valence-electron chi connectivity index (χ0n) is 17.5. The monoisotopic (exact) mass is 376 g/mol. The number of amides is 1. The number of aromatic nitrogens is 2. The van der Waals surface area contributed by atoms with Gasteiger partial charge in [-0.25, -0.2) is 0 Å². The van der Waals surface area contributed by atoms with Crippen molar-refractivity contribution in [2.75, 3.05) is 34.3 Å². The van der Waals surface area contributed by atoms with Gasteiger partial charge in [0, 0.05) is 39.7 Å². The van der Waals surface area contributed by atoms with Gasteiger partial charge in [-0.3, -0.25) is 9.48 Å². The van der Waals surface area contributed by atoms with E-state index in [0.717, 1.165) is 32.5 Å². The van der Waals surface area contributed by atoms with E-state index < -0.39 is 0 Å². The van der Waals surface area contributed by atoms with Crippen LogP contribution in [0.25, 0.3) is 0 Å². The highest BCUT2D eigenvalue weighted by molar-refractivity contribution is 5.76. The molecule has 1 atom stereocenters. The van der Waals surface area contributed by atoms with Gasteiger partial charge in [-0.2, -0.15) is 5.10 Å². The molecule has 1 unspecified atom stereocenters. The molecular formula is C21H36N4O2. The van der Waals surface area contributed by atoms with Crippen LogP contribution in [0.3, 0.4) is 0 Å². The van der Waals surface area contributed by atoms with Crippen molar-refractivity contribution in [3.05, 3.63) is 17.5 Å². The molecule has 1 aliphatic carbocycles. The van der Waals surface area contributed by atoms with Crippen molar-refractivity contribution in [1.29, 1.82) is 0 Å². The fraction of sp³-hybridized carbons (Fsp3) is 0.810. The highest BCUT2D eigenvalue weighted by Crippen LogP contribution is 2.35. The van der Waals surface area contributed by atoms with Gasteiger partial charge < -0.3 is 14.5 Å². The summed E-state index contributed by atoms with van der Waals surface area (Å²) in [7, 11) is 8.18. The van der Waals surface area contributed by atoms with E-state index in [9.17, 15) is 4.79 Å². The second kappa shape index (κ2) is 9.20. The molecule has 0 bridgehead atoms. The molecule has 6 heteroatoms. The third kappa shape index (κ3) is 5.55. The summed E-state index contributed by atoms with van der Waals surface area (Å²) in [5, 5.41) is 4.77. The maximum Gasteiger partial charge on any atom is 0.224 e. The molecule has 1 aromatic heterocycles. The second-order valence-electron chi connectivity index (χ2n) is 8.75. The topological polar surface area (TPSA) is 50.6 Å². The van der Waals surface area contributed by atoms with E-state index >= 15 is 0 Å². The summed E-state index contributed by atoms with van der Waals surface area (Å²) in [6.45, 7) is 2.62. The molecule has 1 aromatic rings. The summed E-state index contributed by atoms with van der Waals surface area (Å²) < 4.78 is 7.63. The summed E-state index contributed by atoms with van der Waals surface area (Å²) in [6, 6.07) is 2.28. The quantitative estimate of drug-likeness (QED) is 0.734. The fourth-order valence-electron chi connectivity index (χ4n) is 4.49. The van der Waals surface area contributed by atoms with E-state index in [4.69, 9.17) is 9.84 Å². The molecule has 0 spiro atoms. The predicted octanol–water partition coefficient (Wildman–Crippen LogP) is 2.78. The SMILES string of the molecule is CN(C)Cc1cc(C2CCC(CN(C)C(=O)CC3CCCO3)CC2)nn1C. The van der Waals surface area contributed by atoms with Crippen molar-refractivity contribution in [3.8, 4) is 0 Å². The Labute approximate surface area is 163 Å². The third-order valence-electron chi connectivity index (χ3n) is 6.12. The Hall–Kier alpha value is -1.40. The van der Waals surface area contributed by atoms with Gasteiger partial charge in [0.15, 0.2) is 0 Å². The Balaban J connectivity index is 1.45. The van der Waals surface area contributed by atoms with Crippen LogP contribution in [0.4, 0.5) is 0 Å². The maximum absolute atomic E-state index is 12.4. The van der Waals surface area contributed by atoms with E-state index in [1.807, 2.05) is 23.7 Å². The Morgan fingerprint density at radius 1 is 1.22 bits per heavy atom. The molecular weight excluding hydrogens is 340 g/mol. The van der Waals surface area contributed by atoms with E-state index in [1.165, 1.54) is 37.1 Å². The molecule has 0 radical (unpaired) electrons. The van der Waals surface area contributed by atoms with Crippen LogP contribution in [-0.4, -0.2) is 65.9 Å². The van der Waals surface area contributed by atoms with Gasteiger partial charge in [-0.15, -0.1) is 0 Å². The van der Waals surface area contributed by atoms with E-state index in [1.54, 1.807) is 0 Å². The van der Waals surface area contributed by atoms with Crippen molar-refractivity contribution in [2.45, 2.75) is 63.5 Å². The number of carbonyl (C=O) groups excluding carboxylic acids is 1. The Bertz CT molecular complexity index is 614. The molecule has 2 aliphatic rings. The summed E-state index contributed by atoms with van der Waals surface area (Å²) >= 11 is 0. The summed E-state index contributed by atoms with van der Waals surface area (Å²) in [6.07, 6.45) is 7.54. The smallest absolute Gasteiger partial charge is 0.224 e. The Morgan fingerprint density at radius 3 is 2.59 bits per heavy atom. The van der Waals surface area contributed by atoms with Crippen LogP contribution < -0.4 is 0 Å². The standard InChI is InChI=1S/C21H36N4O2/c1-23(2)15-18-12-20(22-25(18)4)17-9-7-16(8-10-17)14-24(3)21(26)13-19-6-5-11-27-19/h12,16-17,19H,5-11,13-15H2,1-4H3. The first-order valence-electron chi connectivity index (χ1n) is 10.5. The minimum atomic E-state index is 0.149. The molecule has 3 rings (SSSR count). The number of hydrogen-bond acceptors (Lipinski definition) is 4. The molecule has 0 aromatic carbocycles. The molecule has 0 N–H and O–H groups in total. The van der Waals surface area contributed by atoms with Gasteiger partial charge in [0.1, 0.15) is 0 Å². The minimum absolute atomic E-state index is 0.149. The molecule has 1 saturated heterocycles. The van der Waals surface area contributed by atoms with Crippen LogP contribution in [0, 0.1) is 5.92 Å². The number of aryl methyl sites for hydroxylation is 1.